The minimum atomic E-state index is -1.02. The zero-order valence-corrected chi connectivity index (χ0v) is 10.9. The molecule has 0 aliphatic carbocycles. The van der Waals surface area contributed by atoms with Gasteiger partial charge < -0.3 is 10.0 Å². The zero-order chi connectivity index (χ0) is 13.7. The lowest BCUT2D eigenvalue weighted by Gasteiger charge is -2.21. The first kappa shape index (κ1) is 14.2. The number of aliphatic carboxylic acids is 1. The topological polar surface area (TPSA) is 86.3 Å². The monoisotopic (exact) mass is 253 g/mol. The van der Waals surface area contributed by atoms with Crippen LogP contribution in [0.2, 0.25) is 0 Å². The van der Waals surface area contributed by atoms with E-state index in [9.17, 15) is 9.59 Å². The lowest BCUT2D eigenvalue weighted by atomic mass is 10.2. The quantitative estimate of drug-likeness (QED) is 0.796. The fraction of sp³-hybridized carbons (Fsp3) is 0.583. The van der Waals surface area contributed by atoms with E-state index < -0.39 is 5.97 Å². The Labute approximate surface area is 106 Å². The van der Waals surface area contributed by atoms with Crippen molar-refractivity contribution in [2.45, 2.75) is 27.2 Å². The summed E-state index contributed by atoms with van der Waals surface area (Å²) in [6.07, 6.45) is 0.753. The molecule has 0 fully saturated rings. The van der Waals surface area contributed by atoms with Crippen molar-refractivity contribution < 1.29 is 14.7 Å². The molecular formula is C12H19N3O3. The van der Waals surface area contributed by atoms with Crippen molar-refractivity contribution in [2.24, 2.45) is 5.92 Å². The first-order valence-corrected chi connectivity index (χ1v) is 5.99. The summed E-state index contributed by atoms with van der Waals surface area (Å²) in [7, 11) is 0. The van der Waals surface area contributed by atoms with Crippen molar-refractivity contribution in [3.63, 3.8) is 0 Å². The molecule has 0 aliphatic rings. The molecule has 0 unspecified atom stereocenters. The van der Waals surface area contributed by atoms with Crippen LogP contribution in [-0.2, 0) is 11.2 Å². The Morgan fingerprint density at radius 1 is 1.50 bits per heavy atom. The lowest BCUT2D eigenvalue weighted by molar-refractivity contribution is -0.137. The van der Waals surface area contributed by atoms with E-state index in [2.05, 4.69) is 10.2 Å². The molecule has 0 saturated carbocycles. The average molecular weight is 253 g/mol. The number of aryl methyl sites for hydroxylation is 1. The number of H-pyrrole nitrogens is 1. The van der Waals surface area contributed by atoms with Gasteiger partial charge in [0.25, 0.3) is 5.91 Å². The van der Waals surface area contributed by atoms with Gasteiger partial charge in [-0.2, -0.15) is 5.10 Å². The fourth-order valence-corrected chi connectivity index (χ4v) is 1.64. The molecule has 18 heavy (non-hydrogen) atoms. The van der Waals surface area contributed by atoms with Gasteiger partial charge in [-0.25, -0.2) is 0 Å². The number of carboxylic acid groups (broad SMARTS) is 1. The number of carbonyl (C=O) groups excluding carboxylic acids is 1. The molecule has 0 bridgehead atoms. The number of carboxylic acids is 1. The SMILES string of the molecule is CCc1cc(C(=O)N(CC(=O)O)CC(C)C)n[nH]1. The molecular weight excluding hydrogens is 234 g/mol. The maximum Gasteiger partial charge on any atom is 0.323 e. The molecule has 1 aromatic heterocycles. The van der Waals surface area contributed by atoms with Gasteiger partial charge in [-0.15, -0.1) is 0 Å². The van der Waals surface area contributed by atoms with Crippen LogP contribution in [0.4, 0.5) is 0 Å². The van der Waals surface area contributed by atoms with Gasteiger partial charge in [0.05, 0.1) is 0 Å². The van der Waals surface area contributed by atoms with Gasteiger partial charge in [0, 0.05) is 12.2 Å². The Kier molecular flexibility index (Phi) is 4.88. The van der Waals surface area contributed by atoms with Crippen LogP contribution in [0.15, 0.2) is 6.07 Å². The Bertz CT molecular complexity index is 426. The number of nitrogens with zero attached hydrogens (tertiary/aromatic N) is 2. The van der Waals surface area contributed by atoms with E-state index in [-0.39, 0.29) is 24.1 Å². The number of aromatic nitrogens is 2. The Morgan fingerprint density at radius 2 is 2.17 bits per heavy atom. The third kappa shape index (κ3) is 3.87. The van der Waals surface area contributed by atoms with E-state index in [1.807, 2.05) is 20.8 Å². The number of carbonyl (C=O) groups is 2. The molecule has 1 aromatic rings. The third-order valence-corrected chi connectivity index (χ3v) is 2.43. The van der Waals surface area contributed by atoms with Gasteiger partial charge >= 0.3 is 5.97 Å². The van der Waals surface area contributed by atoms with Crippen molar-refractivity contribution in [3.05, 3.63) is 17.5 Å². The first-order valence-electron chi connectivity index (χ1n) is 5.99. The Balaban J connectivity index is 2.83. The minimum Gasteiger partial charge on any atom is -0.480 e. The summed E-state index contributed by atoms with van der Waals surface area (Å²) in [5.41, 5.74) is 1.13. The number of hydrogen-bond donors (Lipinski definition) is 2. The predicted octanol–water partition coefficient (Wildman–Crippen LogP) is 1.15. The van der Waals surface area contributed by atoms with Gasteiger partial charge in [0.1, 0.15) is 12.2 Å². The van der Waals surface area contributed by atoms with Crippen molar-refractivity contribution in [1.29, 1.82) is 0 Å². The van der Waals surface area contributed by atoms with Gasteiger partial charge in [-0.05, 0) is 18.4 Å². The number of nitrogens with one attached hydrogen (secondary N) is 1. The highest BCUT2D eigenvalue weighted by molar-refractivity contribution is 5.94. The number of hydrogen-bond acceptors (Lipinski definition) is 3. The molecule has 0 saturated heterocycles. The largest absolute Gasteiger partial charge is 0.480 e. The molecule has 6 heteroatoms. The van der Waals surface area contributed by atoms with Crippen LogP contribution in [0, 0.1) is 5.92 Å². The van der Waals surface area contributed by atoms with Crippen molar-refractivity contribution in [1.82, 2.24) is 15.1 Å². The summed E-state index contributed by atoms with van der Waals surface area (Å²) in [5, 5.41) is 15.5. The Morgan fingerprint density at radius 3 is 2.61 bits per heavy atom. The van der Waals surface area contributed by atoms with E-state index >= 15 is 0 Å². The average Bonchev–Trinajstić information content (AvgIpc) is 2.74. The number of aromatic amines is 1. The van der Waals surface area contributed by atoms with Crippen molar-refractivity contribution >= 4 is 11.9 Å². The van der Waals surface area contributed by atoms with Gasteiger partial charge in [-0.3, -0.25) is 14.7 Å². The standard InChI is InChI=1S/C12H19N3O3/c1-4-9-5-10(14-13-9)12(18)15(6-8(2)3)7-11(16)17/h5,8H,4,6-7H2,1-3H3,(H,13,14)(H,16,17). The van der Waals surface area contributed by atoms with E-state index in [0.29, 0.717) is 6.54 Å². The van der Waals surface area contributed by atoms with Crippen molar-refractivity contribution in [3.8, 4) is 0 Å². The molecule has 6 nitrogen and oxygen atoms in total. The number of amides is 1. The zero-order valence-electron chi connectivity index (χ0n) is 10.9. The third-order valence-electron chi connectivity index (χ3n) is 2.43. The summed E-state index contributed by atoms with van der Waals surface area (Å²) in [6, 6.07) is 1.66. The second-order valence-corrected chi connectivity index (χ2v) is 4.61. The normalized spacial score (nSPS) is 10.7. The second kappa shape index (κ2) is 6.18. The lowest BCUT2D eigenvalue weighted by Crippen LogP contribution is -2.38. The van der Waals surface area contributed by atoms with Crippen molar-refractivity contribution in [2.75, 3.05) is 13.1 Å². The second-order valence-electron chi connectivity index (χ2n) is 4.61. The number of rotatable bonds is 6. The van der Waals surface area contributed by atoms with Crippen LogP contribution in [0.25, 0.3) is 0 Å². The molecule has 100 valence electrons. The highest BCUT2D eigenvalue weighted by Gasteiger charge is 2.21. The van der Waals surface area contributed by atoms with Crippen LogP contribution in [0.5, 0.6) is 0 Å². The summed E-state index contributed by atoms with van der Waals surface area (Å²) in [5.74, 6) is -1.16. The molecule has 0 atom stereocenters. The molecule has 1 amide bonds. The first-order chi connectivity index (χ1) is 8.43. The summed E-state index contributed by atoms with van der Waals surface area (Å²) >= 11 is 0. The van der Waals surface area contributed by atoms with E-state index in [1.165, 1.54) is 4.90 Å². The molecule has 0 aliphatic heterocycles. The minimum absolute atomic E-state index is 0.206. The maximum atomic E-state index is 12.1. The smallest absolute Gasteiger partial charge is 0.323 e. The van der Waals surface area contributed by atoms with Crippen LogP contribution < -0.4 is 0 Å². The van der Waals surface area contributed by atoms with Crippen LogP contribution in [-0.4, -0.2) is 45.2 Å². The van der Waals surface area contributed by atoms with Gasteiger partial charge in [0.15, 0.2) is 0 Å². The predicted molar refractivity (Wildman–Crippen MR) is 66.3 cm³/mol. The molecule has 0 radical (unpaired) electrons. The molecule has 2 N–H and O–H groups in total. The van der Waals surface area contributed by atoms with E-state index in [0.717, 1.165) is 12.1 Å². The van der Waals surface area contributed by atoms with Gasteiger partial charge in [0.2, 0.25) is 0 Å². The summed E-state index contributed by atoms with van der Waals surface area (Å²) < 4.78 is 0. The van der Waals surface area contributed by atoms with Gasteiger partial charge in [-0.1, -0.05) is 20.8 Å². The molecule has 1 heterocycles. The highest BCUT2D eigenvalue weighted by Crippen LogP contribution is 2.07. The van der Waals surface area contributed by atoms with E-state index in [1.54, 1.807) is 6.07 Å². The fourth-order valence-electron chi connectivity index (χ4n) is 1.64. The molecule has 0 spiro atoms. The summed E-state index contributed by atoms with van der Waals surface area (Å²) in [6.45, 7) is 5.92. The van der Waals surface area contributed by atoms with Crippen LogP contribution >= 0.6 is 0 Å². The Hall–Kier alpha value is -1.85. The molecule has 1 rings (SSSR count). The van der Waals surface area contributed by atoms with Crippen LogP contribution in [0.1, 0.15) is 37.0 Å². The molecule has 0 aromatic carbocycles. The van der Waals surface area contributed by atoms with Crippen LogP contribution in [0.3, 0.4) is 0 Å². The van der Waals surface area contributed by atoms with E-state index in [4.69, 9.17) is 5.11 Å². The maximum absolute atomic E-state index is 12.1. The summed E-state index contributed by atoms with van der Waals surface area (Å²) in [4.78, 5) is 24.2. The highest BCUT2D eigenvalue weighted by atomic mass is 16.4.